The zero-order valence-corrected chi connectivity index (χ0v) is 13.2. The largest absolute Gasteiger partial charge is 0.487 e. The first-order valence-electron chi connectivity index (χ1n) is 7.55. The fourth-order valence-electron chi connectivity index (χ4n) is 2.06. The lowest BCUT2D eigenvalue weighted by Crippen LogP contribution is -2.06. The van der Waals surface area contributed by atoms with Gasteiger partial charge in [0.15, 0.2) is 5.75 Å². The molecule has 0 atom stereocenters. The SMILES string of the molecule is CCCCCCCOc1ccc(CC(=O)OC)cc1[N+](=O)[O-]. The molecular formula is C16H23NO5. The highest BCUT2D eigenvalue weighted by molar-refractivity contribution is 5.73. The first-order chi connectivity index (χ1) is 10.6. The molecular weight excluding hydrogens is 286 g/mol. The molecule has 122 valence electrons. The van der Waals surface area contributed by atoms with E-state index in [1.165, 1.54) is 26.0 Å². The summed E-state index contributed by atoms with van der Waals surface area (Å²) in [6.45, 7) is 2.61. The molecule has 6 heteroatoms. The van der Waals surface area contributed by atoms with Crippen LogP contribution in [-0.4, -0.2) is 24.6 Å². The van der Waals surface area contributed by atoms with E-state index in [9.17, 15) is 14.9 Å². The number of methoxy groups -OCH3 is 1. The van der Waals surface area contributed by atoms with Crippen molar-refractivity contribution in [2.75, 3.05) is 13.7 Å². The molecule has 0 aromatic heterocycles. The van der Waals surface area contributed by atoms with Crippen molar-refractivity contribution in [2.24, 2.45) is 0 Å². The quantitative estimate of drug-likeness (QED) is 0.285. The van der Waals surface area contributed by atoms with E-state index < -0.39 is 10.9 Å². The van der Waals surface area contributed by atoms with Gasteiger partial charge in [0.2, 0.25) is 0 Å². The summed E-state index contributed by atoms with van der Waals surface area (Å²) in [5.74, 6) is -0.187. The molecule has 1 aromatic carbocycles. The Morgan fingerprint density at radius 1 is 1.23 bits per heavy atom. The van der Waals surface area contributed by atoms with Gasteiger partial charge in [-0.25, -0.2) is 0 Å². The second kappa shape index (κ2) is 9.76. The van der Waals surface area contributed by atoms with Crippen LogP contribution in [-0.2, 0) is 16.0 Å². The Kier molecular flexibility index (Phi) is 7.96. The second-order valence-corrected chi connectivity index (χ2v) is 5.07. The third kappa shape index (κ3) is 6.11. The van der Waals surface area contributed by atoms with Crippen molar-refractivity contribution in [3.05, 3.63) is 33.9 Å². The lowest BCUT2D eigenvalue weighted by atomic mass is 10.1. The topological polar surface area (TPSA) is 78.7 Å². The molecule has 0 saturated heterocycles. The minimum absolute atomic E-state index is 0.00857. The van der Waals surface area contributed by atoms with Crippen LogP contribution >= 0.6 is 0 Å². The third-order valence-electron chi connectivity index (χ3n) is 3.30. The van der Waals surface area contributed by atoms with Crippen LogP contribution in [0.5, 0.6) is 5.75 Å². The Balaban J connectivity index is 2.62. The van der Waals surface area contributed by atoms with Gasteiger partial charge in [0.05, 0.1) is 25.1 Å². The van der Waals surface area contributed by atoms with Crippen molar-refractivity contribution < 1.29 is 19.2 Å². The summed E-state index contributed by atoms with van der Waals surface area (Å²) in [5, 5.41) is 11.1. The van der Waals surface area contributed by atoms with Crippen LogP contribution in [0.2, 0.25) is 0 Å². The Labute approximate surface area is 130 Å². The number of nitrogens with zero attached hydrogens (tertiary/aromatic N) is 1. The van der Waals surface area contributed by atoms with E-state index >= 15 is 0 Å². The molecule has 0 radical (unpaired) electrons. The highest BCUT2D eigenvalue weighted by Crippen LogP contribution is 2.28. The van der Waals surface area contributed by atoms with Gasteiger partial charge in [-0.2, -0.15) is 0 Å². The summed E-state index contributed by atoms with van der Waals surface area (Å²) in [6.07, 6.45) is 5.47. The molecule has 6 nitrogen and oxygen atoms in total. The average Bonchev–Trinajstić information content (AvgIpc) is 2.51. The molecule has 0 amide bonds. The lowest BCUT2D eigenvalue weighted by molar-refractivity contribution is -0.385. The molecule has 0 saturated carbocycles. The maximum Gasteiger partial charge on any atom is 0.311 e. The van der Waals surface area contributed by atoms with E-state index in [1.807, 2.05) is 0 Å². The van der Waals surface area contributed by atoms with E-state index in [-0.39, 0.29) is 17.9 Å². The van der Waals surface area contributed by atoms with Crippen molar-refractivity contribution in [2.45, 2.75) is 45.4 Å². The van der Waals surface area contributed by atoms with Crippen molar-refractivity contribution >= 4 is 11.7 Å². The number of nitro groups is 1. The predicted octanol–water partition coefficient (Wildman–Crippen LogP) is 3.66. The molecule has 1 aromatic rings. The Morgan fingerprint density at radius 2 is 1.95 bits per heavy atom. The van der Waals surface area contributed by atoms with E-state index in [1.54, 1.807) is 12.1 Å². The summed E-state index contributed by atoms with van der Waals surface area (Å²) < 4.78 is 10.1. The van der Waals surface area contributed by atoms with Crippen molar-refractivity contribution in [1.82, 2.24) is 0 Å². The van der Waals surface area contributed by atoms with Gasteiger partial charge in [0, 0.05) is 6.07 Å². The number of nitro benzene ring substituents is 1. The third-order valence-corrected chi connectivity index (χ3v) is 3.30. The normalized spacial score (nSPS) is 10.3. The number of rotatable bonds is 10. The highest BCUT2D eigenvalue weighted by atomic mass is 16.6. The molecule has 0 heterocycles. The van der Waals surface area contributed by atoms with Crippen LogP contribution in [0.1, 0.15) is 44.6 Å². The fraction of sp³-hybridized carbons (Fsp3) is 0.562. The zero-order valence-electron chi connectivity index (χ0n) is 13.2. The molecule has 22 heavy (non-hydrogen) atoms. The van der Waals surface area contributed by atoms with E-state index in [2.05, 4.69) is 11.7 Å². The minimum atomic E-state index is -0.493. The number of carbonyl (C=O) groups is 1. The van der Waals surface area contributed by atoms with E-state index in [0.29, 0.717) is 12.2 Å². The molecule has 0 fully saturated rings. The predicted molar refractivity (Wildman–Crippen MR) is 83.1 cm³/mol. The number of unbranched alkanes of at least 4 members (excludes halogenated alkanes) is 4. The smallest absolute Gasteiger partial charge is 0.311 e. The summed E-state index contributed by atoms with van der Waals surface area (Å²) in [7, 11) is 1.28. The van der Waals surface area contributed by atoms with Crippen LogP contribution in [0, 0.1) is 10.1 Å². The minimum Gasteiger partial charge on any atom is -0.487 e. The van der Waals surface area contributed by atoms with E-state index in [4.69, 9.17) is 4.74 Å². The standard InChI is InChI=1S/C16H23NO5/c1-3-4-5-6-7-10-22-15-9-8-13(12-16(18)21-2)11-14(15)17(19)20/h8-9,11H,3-7,10,12H2,1-2H3. The molecule has 0 unspecified atom stereocenters. The number of ether oxygens (including phenoxy) is 2. The number of esters is 1. The van der Waals surface area contributed by atoms with Crippen molar-refractivity contribution in [3.8, 4) is 5.75 Å². The molecule has 0 aliphatic heterocycles. The van der Waals surface area contributed by atoms with Crippen LogP contribution < -0.4 is 4.74 Å². The number of benzene rings is 1. The van der Waals surface area contributed by atoms with Crippen molar-refractivity contribution in [3.63, 3.8) is 0 Å². The summed E-state index contributed by atoms with van der Waals surface area (Å²) >= 11 is 0. The number of carbonyl (C=O) groups excluding carboxylic acids is 1. The second-order valence-electron chi connectivity index (χ2n) is 5.07. The maximum absolute atomic E-state index is 11.2. The Bertz CT molecular complexity index is 501. The van der Waals surface area contributed by atoms with Crippen molar-refractivity contribution in [1.29, 1.82) is 0 Å². The van der Waals surface area contributed by atoms with Gasteiger partial charge in [-0.05, 0) is 18.1 Å². The van der Waals surface area contributed by atoms with Crippen LogP contribution in [0.25, 0.3) is 0 Å². The van der Waals surface area contributed by atoms with Crippen LogP contribution in [0.4, 0.5) is 5.69 Å². The maximum atomic E-state index is 11.2. The Hall–Kier alpha value is -2.11. The van der Waals surface area contributed by atoms with Gasteiger partial charge >= 0.3 is 11.7 Å². The first-order valence-corrected chi connectivity index (χ1v) is 7.55. The fourth-order valence-corrected chi connectivity index (χ4v) is 2.06. The number of hydrogen-bond donors (Lipinski definition) is 0. The summed E-state index contributed by atoms with van der Waals surface area (Å²) in [5.41, 5.74) is 0.420. The number of hydrogen-bond acceptors (Lipinski definition) is 5. The first kappa shape index (κ1) is 17.9. The molecule has 0 spiro atoms. The molecule has 1 rings (SSSR count). The molecule has 0 aliphatic rings. The van der Waals surface area contributed by atoms with Gasteiger partial charge in [0.25, 0.3) is 0 Å². The zero-order chi connectivity index (χ0) is 16.4. The average molecular weight is 309 g/mol. The highest BCUT2D eigenvalue weighted by Gasteiger charge is 2.17. The summed E-state index contributed by atoms with van der Waals surface area (Å²) in [4.78, 5) is 21.8. The Morgan fingerprint density at radius 3 is 2.59 bits per heavy atom. The van der Waals surface area contributed by atoms with E-state index in [0.717, 1.165) is 19.3 Å². The van der Waals surface area contributed by atoms with Crippen LogP contribution in [0.3, 0.4) is 0 Å². The summed E-state index contributed by atoms with van der Waals surface area (Å²) in [6, 6.07) is 4.56. The van der Waals surface area contributed by atoms with Gasteiger partial charge in [0.1, 0.15) is 0 Å². The van der Waals surface area contributed by atoms with Crippen LogP contribution in [0.15, 0.2) is 18.2 Å². The van der Waals surface area contributed by atoms with Gasteiger partial charge in [-0.3, -0.25) is 14.9 Å². The lowest BCUT2D eigenvalue weighted by Gasteiger charge is -2.08. The van der Waals surface area contributed by atoms with Gasteiger partial charge < -0.3 is 9.47 Å². The molecule has 0 bridgehead atoms. The van der Waals surface area contributed by atoms with Gasteiger partial charge in [-0.15, -0.1) is 0 Å². The monoisotopic (exact) mass is 309 g/mol. The molecule has 0 aliphatic carbocycles. The molecule has 0 N–H and O–H groups in total. The van der Waals surface area contributed by atoms with Gasteiger partial charge in [-0.1, -0.05) is 38.7 Å².